The van der Waals surface area contributed by atoms with Gasteiger partial charge in [-0.05, 0) is 61.8 Å². The van der Waals surface area contributed by atoms with Crippen LogP contribution in [0.2, 0.25) is 0 Å². The lowest BCUT2D eigenvalue weighted by Gasteiger charge is -2.33. The van der Waals surface area contributed by atoms with Gasteiger partial charge in [0.2, 0.25) is 0 Å². The van der Waals surface area contributed by atoms with Crippen LogP contribution in [0.4, 0.5) is 0 Å². The van der Waals surface area contributed by atoms with E-state index in [0.29, 0.717) is 12.5 Å². The summed E-state index contributed by atoms with van der Waals surface area (Å²) < 4.78 is 5.35. The van der Waals surface area contributed by atoms with E-state index in [4.69, 9.17) is 21.6 Å². The van der Waals surface area contributed by atoms with Gasteiger partial charge >= 0.3 is 0 Å². The fourth-order valence-electron chi connectivity index (χ4n) is 3.41. The van der Waals surface area contributed by atoms with Gasteiger partial charge in [-0.15, -0.1) is 0 Å². The summed E-state index contributed by atoms with van der Waals surface area (Å²) in [5.41, 5.74) is 3.40. The van der Waals surface area contributed by atoms with E-state index < -0.39 is 0 Å². The molecule has 0 bridgehead atoms. The van der Waals surface area contributed by atoms with Crippen molar-refractivity contribution in [3.8, 4) is 0 Å². The Balaban J connectivity index is 1.43. The Bertz CT molecular complexity index is 871. The molecule has 25 heavy (non-hydrogen) atoms. The van der Waals surface area contributed by atoms with Crippen LogP contribution >= 0.6 is 12.2 Å². The third-order valence-corrected chi connectivity index (χ3v) is 5.15. The first kappa shape index (κ1) is 16.1. The molecule has 4 rings (SSSR count). The second kappa shape index (κ2) is 6.88. The van der Waals surface area contributed by atoms with E-state index in [1.165, 1.54) is 5.56 Å². The normalized spacial score (nSPS) is 17.8. The maximum atomic E-state index is 5.57. The van der Waals surface area contributed by atoms with Crippen molar-refractivity contribution in [1.82, 2.24) is 20.2 Å². The van der Waals surface area contributed by atoms with Gasteiger partial charge in [0.15, 0.2) is 5.11 Å². The Hall–Kier alpha value is -2.34. The van der Waals surface area contributed by atoms with E-state index >= 15 is 0 Å². The summed E-state index contributed by atoms with van der Waals surface area (Å²) in [5.74, 6) is 2.34. The van der Waals surface area contributed by atoms with Crippen LogP contribution in [0, 0.1) is 6.92 Å². The molecule has 1 aromatic carbocycles. The summed E-state index contributed by atoms with van der Waals surface area (Å²) in [6, 6.07) is 10.2. The van der Waals surface area contributed by atoms with Gasteiger partial charge in [-0.25, -0.2) is 4.98 Å². The molecule has 1 aliphatic rings. The van der Waals surface area contributed by atoms with Crippen LogP contribution in [0.3, 0.4) is 0 Å². The molecule has 0 aliphatic carbocycles. The summed E-state index contributed by atoms with van der Waals surface area (Å²) in [4.78, 5) is 10.5. The van der Waals surface area contributed by atoms with Gasteiger partial charge < -0.3 is 19.6 Å². The van der Waals surface area contributed by atoms with Crippen LogP contribution in [0.5, 0.6) is 0 Å². The number of hydrogen-bond donors (Lipinski definition) is 2. The summed E-state index contributed by atoms with van der Waals surface area (Å²) in [6.45, 7) is 4.60. The van der Waals surface area contributed by atoms with Gasteiger partial charge in [0.1, 0.15) is 11.6 Å². The second-order valence-corrected chi connectivity index (χ2v) is 7.05. The number of rotatable bonds is 3. The van der Waals surface area contributed by atoms with Crippen molar-refractivity contribution in [2.24, 2.45) is 0 Å². The molecule has 1 fully saturated rings. The van der Waals surface area contributed by atoms with Crippen molar-refractivity contribution >= 4 is 28.4 Å². The SMILES string of the molecule is Cc1ccc2nc([C@@H]3CCCN(C(=S)NCc4ccco4)C3)[nH]c2c1. The first-order valence-corrected chi connectivity index (χ1v) is 9.11. The van der Waals surface area contributed by atoms with Gasteiger partial charge in [-0.3, -0.25) is 0 Å². The molecule has 2 aromatic heterocycles. The zero-order chi connectivity index (χ0) is 17.2. The second-order valence-electron chi connectivity index (χ2n) is 6.67. The Morgan fingerprint density at radius 2 is 2.36 bits per heavy atom. The Morgan fingerprint density at radius 3 is 3.20 bits per heavy atom. The predicted octanol–water partition coefficient (Wildman–Crippen LogP) is 3.72. The van der Waals surface area contributed by atoms with E-state index in [0.717, 1.165) is 53.7 Å². The molecule has 0 amide bonds. The van der Waals surface area contributed by atoms with Gasteiger partial charge in [-0.2, -0.15) is 0 Å². The van der Waals surface area contributed by atoms with E-state index in [9.17, 15) is 0 Å². The van der Waals surface area contributed by atoms with Crippen molar-refractivity contribution in [1.29, 1.82) is 0 Å². The lowest BCUT2D eigenvalue weighted by Crippen LogP contribution is -2.44. The van der Waals surface area contributed by atoms with Gasteiger partial charge in [0, 0.05) is 19.0 Å². The highest BCUT2D eigenvalue weighted by Crippen LogP contribution is 2.27. The number of aryl methyl sites for hydroxylation is 1. The smallest absolute Gasteiger partial charge is 0.169 e. The number of H-pyrrole nitrogens is 1. The quantitative estimate of drug-likeness (QED) is 0.702. The van der Waals surface area contributed by atoms with E-state index in [-0.39, 0.29) is 0 Å². The number of piperidine rings is 1. The third-order valence-electron chi connectivity index (χ3n) is 4.74. The number of benzene rings is 1. The highest BCUT2D eigenvalue weighted by atomic mass is 32.1. The van der Waals surface area contributed by atoms with Gasteiger partial charge in [0.25, 0.3) is 0 Å². The molecule has 130 valence electrons. The molecule has 0 unspecified atom stereocenters. The minimum atomic E-state index is 0.379. The van der Waals surface area contributed by atoms with E-state index in [2.05, 4.69) is 40.3 Å². The minimum absolute atomic E-state index is 0.379. The number of furan rings is 1. The molecule has 1 atom stereocenters. The molecule has 0 radical (unpaired) electrons. The molecule has 3 aromatic rings. The lowest BCUT2D eigenvalue weighted by molar-refractivity contribution is 0.299. The predicted molar refractivity (Wildman–Crippen MR) is 103 cm³/mol. The topological polar surface area (TPSA) is 57.1 Å². The minimum Gasteiger partial charge on any atom is -0.467 e. The molecule has 1 saturated heterocycles. The molecule has 5 nitrogen and oxygen atoms in total. The van der Waals surface area contributed by atoms with Crippen LogP contribution in [0.15, 0.2) is 41.0 Å². The van der Waals surface area contributed by atoms with Crippen molar-refractivity contribution < 1.29 is 4.42 Å². The fraction of sp³-hybridized carbons (Fsp3) is 0.368. The number of fused-ring (bicyclic) bond motifs is 1. The standard InChI is InChI=1S/C19H22N4OS/c1-13-6-7-16-17(10-13)22-18(21-16)14-4-2-8-23(12-14)19(25)20-11-15-5-3-9-24-15/h3,5-7,9-10,14H,2,4,8,11-12H2,1H3,(H,20,25)(H,21,22)/t14-/m1/s1. The number of nitrogens with zero attached hydrogens (tertiary/aromatic N) is 2. The summed E-state index contributed by atoms with van der Waals surface area (Å²) >= 11 is 5.57. The number of hydrogen-bond acceptors (Lipinski definition) is 3. The molecule has 2 N–H and O–H groups in total. The number of aromatic amines is 1. The maximum absolute atomic E-state index is 5.57. The third kappa shape index (κ3) is 3.54. The molecule has 6 heteroatoms. The monoisotopic (exact) mass is 354 g/mol. The van der Waals surface area contributed by atoms with E-state index in [1.54, 1.807) is 6.26 Å². The molecular formula is C19H22N4OS. The Labute approximate surface area is 152 Å². The van der Waals surface area contributed by atoms with Gasteiger partial charge in [-0.1, -0.05) is 6.07 Å². The number of nitrogens with one attached hydrogen (secondary N) is 2. The van der Waals surface area contributed by atoms with Crippen LogP contribution in [-0.4, -0.2) is 33.1 Å². The van der Waals surface area contributed by atoms with Crippen molar-refractivity contribution in [3.05, 3.63) is 53.7 Å². The van der Waals surface area contributed by atoms with Crippen LogP contribution in [0.1, 0.15) is 35.9 Å². The molecule has 0 spiro atoms. The largest absolute Gasteiger partial charge is 0.467 e. The average Bonchev–Trinajstić information content (AvgIpc) is 3.28. The number of likely N-dealkylation sites (tertiary alicyclic amines) is 1. The molecular weight excluding hydrogens is 332 g/mol. The van der Waals surface area contributed by atoms with Crippen LogP contribution in [0.25, 0.3) is 11.0 Å². The first-order chi connectivity index (χ1) is 12.2. The molecule has 3 heterocycles. The van der Waals surface area contributed by atoms with Crippen LogP contribution in [-0.2, 0) is 6.54 Å². The van der Waals surface area contributed by atoms with Crippen molar-refractivity contribution in [3.63, 3.8) is 0 Å². The van der Waals surface area contributed by atoms with Crippen molar-refractivity contribution in [2.45, 2.75) is 32.2 Å². The number of thiocarbonyl (C=S) groups is 1. The summed E-state index contributed by atoms with van der Waals surface area (Å²) in [7, 11) is 0. The Morgan fingerprint density at radius 1 is 1.44 bits per heavy atom. The Kier molecular flexibility index (Phi) is 4.44. The molecule has 1 aliphatic heterocycles. The average molecular weight is 354 g/mol. The number of imidazole rings is 1. The fourth-order valence-corrected chi connectivity index (χ4v) is 3.65. The number of aromatic nitrogens is 2. The summed E-state index contributed by atoms with van der Waals surface area (Å²) in [5, 5.41) is 4.08. The van der Waals surface area contributed by atoms with E-state index in [1.807, 2.05) is 12.1 Å². The lowest BCUT2D eigenvalue weighted by atomic mass is 9.98. The highest BCUT2D eigenvalue weighted by Gasteiger charge is 2.25. The maximum Gasteiger partial charge on any atom is 0.169 e. The zero-order valence-corrected chi connectivity index (χ0v) is 15.1. The van der Waals surface area contributed by atoms with Crippen LogP contribution < -0.4 is 5.32 Å². The van der Waals surface area contributed by atoms with Crippen molar-refractivity contribution in [2.75, 3.05) is 13.1 Å². The van der Waals surface area contributed by atoms with Gasteiger partial charge in [0.05, 0.1) is 23.8 Å². The highest BCUT2D eigenvalue weighted by molar-refractivity contribution is 7.80. The molecule has 0 saturated carbocycles. The first-order valence-electron chi connectivity index (χ1n) is 8.70. The zero-order valence-electron chi connectivity index (χ0n) is 14.3. The summed E-state index contributed by atoms with van der Waals surface area (Å²) in [6.07, 6.45) is 3.93.